The average molecular weight is 546 g/mol. The lowest BCUT2D eigenvalue weighted by molar-refractivity contribution is -0.135. The first-order valence-corrected chi connectivity index (χ1v) is 14.6. The molecule has 0 radical (unpaired) electrons. The highest BCUT2D eigenvalue weighted by atomic mass is 16.5. The van der Waals surface area contributed by atoms with Gasteiger partial charge in [0.05, 0.1) is 13.7 Å². The molecule has 1 aliphatic rings. The van der Waals surface area contributed by atoms with Crippen molar-refractivity contribution < 1.29 is 19.1 Å². The van der Waals surface area contributed by atoms with Crippen molar-refractivity contribution in [2.75, 3.05) is 33.4 Å². The minimum absolute atomic E-state index is 0.00739. The Balaban J connectivity index is 1.54. The van der Waals surface area contributed by atoms with Gasteiger partial charge in [0.1, 0.15) is 12.3 Å². The number of benzene rings is 2. The Hall–Kier alpha value is -3.58. The molecule has 2 aromatic carbocycles. The van der Waals surface area contributed by atoms with Crippen LogP contribution >= 0.6 is 0 Å². The zero-order valence-electron chi connectivity index (χ0n) is 24.0. The lowest BCUT2D eigenvalue weighted by atomic mass is 9.94. The third kappa shape index (κ3) is 8.21. The summed E-state index contributed by atoms with van der Waals surface area (Å²) in [6.45, 7) is 4.91. The van der Waals surface area contributed by atoms with Crippen molar-refractivity contribution in [2.45, 2.75) is 64.6 Å². The molecule has 0 spiro atoms. The molecule has 7 nitrogen and oxygen atoms in total. The second-order valence-electron chi connectivity index (χ2n) is 10.4. The Morgan fingerprint density at radius 2 is 1.77 bits per heavy atom. The maximum Gasteiger partial charge on any atom is 0.254 e. The number of methoxy groups -OCH3 is 1. The summed E-state index contributed by atoms with van der Waals surface area (Å²) in [7, 11) is 1.59. The molecule has 1 fully saturated rings. The second kappa shape index (κ2) is 15.3. The minimum atomic E-state index is -0.167. The van der Waals surface area contributed by atoms with Crippen LogP contribution in [0.5, 0.6) is 5.75 Å². The molecule has 1 saturated carbocycles. The molecule has 2 amide bonds. The lowest BCUT2D eigenvalue weighted by Gasteiger charge is -2.36. The van der Waals surface area contributed by atoms with Crippen molar-refractivity contribution in [3.05, 3.63) is 89.7 Å². The number of carbonyl (C=O) groups excluding carboxylic acids is 2. The first kappa shape index (κ1) is 29.4. The number of ether oxygens (including phenoxy) is 2. The van der Waals surface area contributed by atoms with E-state index in [1.165, 1.54) is 12.0 Å². The number of amides is 2. The summed E-state index contributed by atoms with van der Waals surface area (Å²) in [4.78, 5) is 31.4. The topological polar surface area (TPSA) is 64.0 Å². The fourth-order valence-corrected chi connectivity index (χ4v) is 5.46. The van der Waals surface area contributed by atoms with E-state index in [1.54, 1.807) is 24.1 Å². The smallest absolute Gasteiger partial charge is 0.254 e. The molecule has 0 N–H and O–H groups in total. The highest BCUT2D eigenvalue weighted by molar-refractivity contribution is 5.96. The van der Waals surface area contributed by atoms with Gasteiger partial charge in [-0.15, -0.1) is 0 Å². The zero-order valence-corrected chi connectivity index (χ0v) is 24.0. The number of hydrogen-bond acceptors (Lipinski definition) is 4. The maximum atomic E-state index is 14.1. The molecule has 1 aliphatic carbocycles. The van der Waals surface area contributed by atoms with E-state index in [2.05, 4.69) is 41.1 Å². The van der Waals surface area contributed by atoms with E-state index in [4.69, 9.17) is 9.47 Å². The van der Waals surface area contributed by atoms with Gasteiger partial charge in [-0.3, -0.25) is 9.59 Å². The lowest BCUT2D eigenvalue weighted by Crippen LogP contribution is -2.48. The normalized spacial score (nSPS) is 13.7. The Morgan fingerprint density at radius 3 is 2.52 bits per heavy atom. The first-order chi connectivity index (χ1) is 19.6. The summed E-state index contributed by atoms with van der Waals surface area (Å²) in [5.41, 5.74) is 2.84. The van der Waals surface area contributed by atoms with Gasteiger partial charge in [0.15, 0.2) is 0 Å². The van der Waals surface area contributed by atoms with Crippen LogP contribution in [0, 0.1) is 0 Å². The van der Waals surface area contributed by atoms with E-state index in [1.807, 2.05) is 36.1 Å². The SMILES string of the molecule is CCOCCCN(CC(=O)N(Cc1cccn1Cc1ccccc1)C1CCCCC1)C(=O)c1cccc(OC)c1. The highest BCUT2D eigenvalue weighted by Gasteiger charge is 2.29. The summed E-state index contributed by atoms with van der Waals surface area (Å²) in [6.07, 6.45) is 8.21. The number of aromatic nitrogens is 1. The molecule has 7 heteroatoms. The molecule has 0 atom stereocenters. The number of carbonyl (C=O) groups is 2. The predicted molar refractivity (Wildman–Crippen MR) is 157 cm³/mol. The Kier molecular flexibility index (Phi) is 11.2. The molecule has 214 valence electrons. The predicted octanol–water partition coefficient (Wildman–Crippen LogP) is 5.78. The van der Waals surface area contributed by atoms with E-state index in [0.29, 0.717) is 44.0 Å². The second-order valence-corrected chi connectivity index (χ2v) is 10.4. The van der Waals surface area contributed by atoms with Crippen molar-refractivity contribution in [1.29, 1.82) is 0 Å². The molecule has 1 heterocycles. The van der Waals surface area contributed by atoms with E-state index < -0.39 is 0 Å². The van der Waals surface area contributed by atoms with Crippen LogP contribution in [-0.2, 0) is 22.6 Å². The molecule has 40 heavy (non-hydrogen) atoms. The molecule has 0 unspecified atom stereocenters. The molecule has 0 saturated heterocycles. The van der Waals surface area contributed by atoms with Gasteiger partial charge < -0.3 is 23.8 Å². The van der Waals surface area contributed by atoms with Crippen molar-refractivity contribution in [2.24, 2.45) is 0 Å². The van der Waals surface area contributed by atoms with Crippen molar-refractivity contribution in [3.63, 3.8) is 0 Å². The van der Waals surface area contributed by atoms with Gasteiger partial charge in [0.2, 0.25) is 5.91 Å². The molecule has 3 aromatic rings. The van der Waals surface area contributed by atoms with Crippen LogP contribution in [0.2, 0.25) is 0 Å². The quantitative estimate of drug-likeness (QED) is 0.241. The van der Waals surface area contributed by atoms with Crippen LogP contribution in [0.3, 0.4) is 0 Å². The molecule has 4 rings (SSSR count). The number of nitrogens with zero attached hydrogens (tertiary/aromatic N) is 3. The summed E-state index contributed by atoms with van der Waals surface area (Å²) >= 11 is 0. The average Bonchev–Trinajstić information content (AvgIpc) is 3.44. The summed E-state index contributed by atoms with van der Waals surface area (Å²) in [5, 5.41) is 0. The minimum Gasteiger partial charge on any atom is -0.497 e. The number of rotatable bonds is 14. The van der Waals surface area contributed by atoms with Gasteiger partial charge in [0.25, 0.3) is 5.91 Å². The third-order valence-electron chi connectivity index (χ3n) is 7.64. The Morgan fingerprint density at radius 1 is 0.975 bits per heavy atom. The summed E-state index contributed by atoms with van der Waals surface area (Å²) in [5.74, 6) is 0.446. The van der Waals surface area contributed by atoms with Crippen molar-refractivity contribution in [3.8, 4) is 5.75 Å². The van der Waals surface area contributed by atoms with Crippen LogP contribution in [0.25, 0.3) is 0 Å². The van der Waals surface area contributed by atoms with E-state index in [0.717, 1.165) is 37.9 Å². The monoisotopic (exact) mass is 545 g/mol. The maximum absolute atomic E-state index is 14.1. The van der Waals surface area contributed by atoms with Gasteiger partial charge >= 0.3 is 0 Å². The largest absolute Gasteiger partial charge is 0.497 e. The van der Waals surface area contributed by atoms with Crippen LogP contribution < -0.4 is 4.74 Å². The van der Waals surface area contributed by atoms with Gasteiger partial charge in [0, 0.05) is 49.8 Å². The van der Waals surface area contributed by atoms with Gasteiger partial charge in [-0.25, -0.2) is 0 Å². The van der Waals surface area contributed by atoms with Crippen molar-refractivity contribution in [1.82, 2.24) is 14.4 Å². The first-order valence-electron chi connectivity index (χ1n) is 14.6. The standard InChI is InChI=1S/C33H43N3O4/c1-3-40-22-12-21-35(33(38)28-15-10-19-31(23-28)39-2)26-32(37)36(29-16-8-5-9-17-29)25-30-18-11-20-34(30)24-27-13-6-4-7-14-27/h4,6-7,10-11,13-15,18-20,23,29H,3,5,8-9,12,16-17,21-22,24-26H2,1-2H3. The molecular weight excluding hydrogens is 502 g/mol. The molecular formula is C33H43N3O4. The van der Waals surface area contributed by atoms with Gasteiger partial charge in [-0.2, -0.15) is 0 Å². The Bertz CT molecular complexity index is 1200. The van der Waals surface area contributed by atoms with Crippen LogP contribution in [-0.4, -0.2) is 65.6 Å². The Labute approximate surface area is 238 Å². The summed E-state index contributed by atoms with van der Waals surface area (Å²) < 4.78 is 13.1. The summed E-state index contributed by atoms with van der Waals surface area (Å²) in [6, 6.07) is 21.8. The van der Waals surface area contributed by atoms with E-state index in [-0.39, 0.29) is 24.4 Å². The van der Waals surface area contributed by atoms with Gasteiger partial charge in [-0.05, 0) is 62.1 Å². The van der Waals surface area contributed by atoms with Crippen LogP contribution in [0.1, 0.15) is 67.1 Å². The van der Waals surface area contributed by atoms with Crippen molar-refractivity contribution >= 4 is 11.8 Å². The van der Waals surface area contributed by atoms with E-state index >= 15 is 0 Å². The van der Waals surface area contributed by atoms with Crippen LogP contribution in [0.15, 0.2) is 72.9 Å². The molecule has 0 bridgehead atoms. The highest BCUT2D eigenvalue weighted by Crippen LogP contribution is 2.25. The number of hydrogen-bond donors (Lipinski definition) is 0. The van der Waals surface area contributed by atoms with Gasteiger partial charge in [-0.1, -0.05) is 55.7 Å². The fourth-order valence-electron chi connectivity index (χ4n) is 5.46. The fraction of sp³-hybridized carbons (Fsp3) is 0.455. The van der Waals surface area contributed by atoms with Crippen LogP contribution in [0.4, 0.5) is 0 Å². The zero-order chi connectivity index (χ0) is 28.2. The molecule has 0 aliphatic heterocycles. The molecule has 1 aromatic heterocycles. The third-order valence-corrected chi connectivity index (χ3v) is 7.64. The van der Waals surface area contributed by atoms with E-state index in [9.17, 15) is 9.59 Å².